The molecule has 0 aromatic carbocycles. The first-order valence-electron chi connectivity index (χ1n) is 5.81. The van der Waals surface area contributed by atoms with Gasteiger partial charge in [-0.15, -0.1) is 0 Å². The number of rotatable bonds is 4. The molecule has 2 rings (SSSR count). The highest BCUT2D eigenvalue weighted by Gasteiger charge is 2.16. The van der Waals surface area contributed by atoms with Gasteiger partial charge in [0.1, 0.15) is 5.82 Å². The maximum atomic E-state index is 5.43. The molecule has 1 aromatic heterocycles. The molecule has 1 fully saturated rings. The monoisotopic (exact) mass is 224 g/mol. The van der Waals surface area contributed by atoms with Gasteiger partial charge < -0.3 is 15.4 Å². The van der Waals surface area contributed by atoms with Crippen molar-refractivity contribution in [3.05, 3.63) is 12.3 Å². The van der Waals surface area contributed by atoms with Crippen LogP contribution in [-0.4, -0.2) is 41.6 Å². The third-order valence-corrected chi connectivity index (χ3v) is 2.74. The second-order valence-corrected chi connectivity index (χ2v) is 4.38. The summed E-state index contributed by atoms with van der Waals surface area (Å²) in [5, 5.41) is 11.1. The van der Waals surface area contributed by atoms with Crippen LogP contribution < -0.4 is 10.6 Å². The lowest BCUT2D eigenvalue weighted by Crippen LogP contribution is -2.43. The van der Waals surface area contributed by atoms with Crippen molar-refractivity contribution in [2.45, 2.75) is 25.4 Å². The van der Waals surface area contributed by atoms with Gasteiger partial charge in [0.05, 0.1) is 13.2 Å². The number of hydrogen-bond acceptors (Lipinski definition) is 4. The van der Waals surface area contributed by atoms with E-state index >= 15 is 0 Å². The predicted octanol–water partition coefficient (Wildman–Crippen LogP) is 0.599. The molecule has 2 heterocycles. The lowest BCUT2D eigenvalue weighted by atomic mass is 10.1. The standard InChI is InChI=1S/C11H20N4O/c1-9(7-10-8-16-6-4-12-10)13-11-3-5-15(2)14-11/h3,5,9-10,12H,4,6-8H2,1-2H3,(H,13,14). The van der Waals surface area contributed by atoms with Crippen LogP contribution in [-0.2, 0) is 11.8 Å². The van der Waals surface area contributed by atoms with Crippen LogP contribution in [0, 0.1) is 0 Å². The summed E-state index contributed by atoms with van der Waals surface area (Å²) >= 11 is 0. The summed E-state index contributed by atoms with van der Waals surface area (Å²) in [4.78, 5) is 0. The minimum atomic E-state index is 0.397. The van der Waals surface area contributed by atoms with Gasteiger partial charge >= 0.3 is 0 Å². The second-order valence-electron chi connectivity index (χ2n) is 4.38. The van der Waals surface area contributed by atoms with Crippen molar-refractivity contribution in [1.82, 2.24) is 15.1 Å². The fraction of sp³-hybridized carbons (Fsp3) is 0.727. The van der Waals surface area contributed by atoms with Crippen LogP contribution in [0.3, 0.4) is 0 Å². The summed E-state index contributed by atoms with van der Waals surface area (Å²) in [5.74, 6) is 0.937. The predicted molar refractivity (Wildman–Crippen MR) is 63.5 cm³/mol. The van der Waals surface area contributed by atoms with Crippen LogP contribution in [0.25, 0.3) is 0 Å². The van der Waals surface area contributed by atoms with Crippen molar-refractivity contribution in [2.75, 3.05) is 25.1 Å². The average Bonchev–Trinajstić information content (AvgIpc) is 2.65. The first-order valence-corrected chi connectivity index (χ1v) is 5.81. The van der Waals surface area contributed by atoms with Crippen LogP contribution in [0.1, 0.15) is 13.3 Å². The van der Waals surface area contributed by atoms with E-state index in [-0.39, 0.29) is 0 Å². The molecule has 90 valence electrons. The third-order valence-electron chi connectivity index (χ3n) is 2.74. The summed E-state index contributed by atoms with van der Waals surface area (Å²) < 4.78 is 7.23. The van der Waals surface area contributed by atoms with E-state index in [1.165, 1.54) is 0 Å². The molecule has 2 unspecified atom stereocenters. The molecule has 2 N–H and O–H groups in total. The molecular formula is C11H20N4O. The Balaban J connectivity index is 1.77. The smallest absolute Gasteiger partial charge is 0.148 e. The zero-order valence-corrected chi connectivity index (χ0v) is 9.94. The van der Waals surface area contributed by atoms with Gasteiger partial charge in [-0.1, -0.05) is 0 Å². The molecule has 0 bridgehead atoms. The van der Waals surface area contributed by atoms with E-state index in [0.29, 0.717) is 12.1 Å². The van der Waals surface area contributed by atoms with Gasteiger partial charge in [0.25, 0.3) is 0 Å². The van der Waals surface area contributed by atoms with E-state index in [1.807, 2.05) is 19.3 Å². The minimum absolute atomic E-state index is 0.397. The normalized spacial score (nSPS) is 23.0. The fourth-order valence-corrected chi connectivity index (χ4v) is 2.00. The van der Waals surface area contributed by atoms with E-state index in [2.05, 4.69) is 22.7 Å². The molecule has 5 nitrogen and oxygen atoms in total. The Hall–Kier alpha value is -1.07. The number of morpholine rings is 1. The van der Waals surface area contributed by atoms with Gasteiger partial charge in [0.15, 0.2) is 0 Å². The summed E-state index contributed by atoms with van der Waals surface area (Å²) in [5.41, 5.74) is 0. The molecule has 5 heteroatoms. The van der Waals surface area contributed by atoms with Crippen LogP contribution in [0.2, 0.25) is 0 Å². The number of hydrogen-bond donors (Lipinski definition) is 2. The van der Waals surface area contributed by atoms with Crippen molar-refractivity contribution >= 4 is 5.82 Å². The van der Waals surface area contributed by atoms with Gasteiger partial charge in [-0.05, 0) is 13.3 Å². The molecular weight excluding hydrogens is 204 g/mol. The number of nitrogens with one attached hydrogen (secondary N) is 2. The molecule has 0 saturated carbocycles. The lowest BCUT2D eigenvalue weighted by Gasteiger charge is -2.26. The number of aryl methyl sites for hydroxylation is 1. The topological polar surface area (TPSA) is 51.1 Å². The van der Waals surface area contributed by atoms with E-state index in [0.717, 1.165) is 32.0 Å². The number of anilines is 1. The summed E-state index contributed by atoms with van der Waals surface area (Å²) in [6.45, 7) is 4.78. The quantitative estimate of drug-likeness (QED) is 0.786. The van der Waals surface area contributed by atoms with Crippen molar-refractivity contribution in [3.8, 4) is 0 Å². The number of nitrogens with zero attached hydrogens (tertiary/aromatic N) is 2. The molecule has 0 aliphatic carbocycles. The van der Waals surface area contributed by atoms with Crippen molar-refractivity contribution < 1.29 is 4.74 Å². The molecule has 1 aromatic rings. The van der Waals surface area contributed by atoms with Crippen LogP contribution in [0.4, 0.5) is 5.82 Å². The van der Waals surface area contributed by atoms with Crippen molar-refractivity contribution in [2.24, 2.45) is 7.05 Å². The summed E-state index contributed by atoms with van der Waals surface area (Å²) in [6, 6.07) is 2.84. The van der Waals surface area contributed by atoms with Crippen molar-refractivity contribution in [3.63, 3.8) is 0 Å². The number of aromatic nitrogens is 2. The van der Waals surface area contributed by atoms with Crippen LogP contribution in [0.5, 0.6) is 0 Å². The van der Waals surface area contributed by atoms with Gasteiger partial charge in [-0.2, -0.15) is 5.10 Å². The maximum absolute atomic E-state index is 5.43. The van der Waals surface area contributed by atoms with Gasteiger partial charge in [-0.25, -0.2) is 0 Å². The fourth-order valence-electron chi connectivity index (χ4n) is 2.00. The van der Waals surface area contributed by atoms with E-state index in [9.17, 15) is 0 Å². The van der Waals surface area contributed by atoms with Gasteiger partial charge in [0.2, 0.25) is 0 Å². The highest BCUT2D eigenvalue weighted by Crippen LogP contribution is 2.08. The Morgan fingerprint density at radius 1 is 1.75 bits per heavy atom. The molecule has 1 aliphatic rings. The minimum Gasteiger partial charge on any atom is -0.379 e. The van der Waals surface area contributed by atoms with Gasteiger partial charge in [-0.3, -0.25) is 4.68 Å². The zero-order chi connectivity index (χ0) is 11.4. The van der Waals surface area contributed by atoms with Crippen LogP contribution >= 0.6 is 0 Å². The average molecular weight is 224 g/mol. The molecule has 1 aliphatic heterocycles. The number of ether oxygens (including phenoxy) is 1. The molecule has 2 atom stereocenters. The van der Waals surface area contributed by atoms with Gasteiger partial charge in [0, 0.05) is 37.9 Å². The second kappa shape index (κ2) is 5.32. The summed E-state index contributed by atoms with van der Waals surface area (Å²) in [6.07, 6.45) is 2.99. The maximum Gasteiger partial charge on any atom is 0.148 e. The highest BCUT2D eigenvalue weighted by atomic mass is 16.5. The van der Waals surface area contributed by atoms with Crippen LogP contribution in [0.15, 0.2) is 12.3 Å². The first kappa shape index (κ1) is 11.4. The van der Waals surface area contributed by atoms with E-state index in [4.69, 9.17) is 4.74 Å². The molecule has 16 heavy (non-hydrogen) atoms. The zero-order valence-electron chi connectivity index (χ0n) is 9.94. The Morgan fingerprint density at radius 3 is 3.25 bits per heavy atom. The Labute approximate surface area is 96.2 Å². The SMILES string of the molecule is CC(CC1COCCN1)Nc1ccn(C)n1. The van der Waals surface area contributed by atoms with Crippen molar-refractivity contribution in [1.29, 1.82) is 0 Å². The largest absolute Gasteiger partial charge is 0.379 e. The van der Waals surface area contributed by atoms with E-state index in [1.54, 1.807) is 4.68 Å². The lowest BCUT2D eigenvalue weighted by molar-refractivity contribution is 0.0731. The molecule has 0 spiro atoms. The molecule has 1 saturated heterocycles. The molecule has 0 radical (unpaired) electrons. The molecule has 0 amide bonds. The Kier molecular flexibility index (Phi) is 3.79. The first-order chi connectivity index (χ1) is 7.74. The summed E-state index contributed by atoms with van der Waals surface area (Å²) in [7, 11) is 1.92. The Morgan fingerprint density at radius 2 is 2.62 bits per heavy atom. The van der Waals surface area contributed by atoms with E-state index < -0.39 is 0 Å². The Bertz CT molecular complexity index is 320. The third kappa shape index (κ3) is 3.21. The highest BCUT2D eigenvalue weighted by molar-refractivity contribution is 5.33.